The van der Waals surface area contributed by atoms with Gasteiger partial charge in [0, 0.05) is 0 Å². The van der Waals surface area contributed by atoms with Gasteiger partial charge >= 0.3 is 0 Å². The van der Waals surface area contributed by atoms with Gasteiger partial charge in [-0.25, -0.2) is 0 Å². The standard InChI is InChI=1S/C14H19/c1-10(2)6-12-7-11(3)8-14(9-12)13-4-5-13/h7-10,13H,3-6H2,1-2H3. The normalized spacial score (nSPS) is 16.3. The van der Waals surface area contributed by atoms with Crippen molar-refractivity contribution in [3.8, 4) is 0 Å². The first kappa shape index (κ1) is 9.76. The van der Waals surface area contributed by atoms with E-state index in [-0.39, 0.29) is 0 Å². The highest BCUT2D eigenvalue weighted by Gasteiger charge is 2.23. The first-order chi connectivity index (χ1) is 6.65. The van der Waals surface area contributed by atoms with Gasteiger partial charge in [0.25, 0.3) is 0 Å². The third kappa shape index (κ3) is 2.37. The average Bonchev–Trinajstić information content (AvgIpc) is 2.82. The quantitative estimate of drug-likeness (QED) is 0.672. The van der Waals surface area contributed by atoms with Crippen molar-refractivity contribution in [3.05, 3.63) is 41.8 Å². The van der Waals surface area contributed by atoms with Gasteiger partial charge in [-0.2, -0.15) is 0 Å². The van der Waals surface area contributed by atoms with Crippen molar-refractivity contribution in [3.63, 3.8) is 0 Å². The maximum Gasteiger partial charge on any atom is -0.0161 e. The molecule has 0 heteroatoms. The van der Waals surface area contributed by atoms with E-state index in [4.69, 9.17) is 0 Å². The van der Waals surface area contributed by atoms with Crippen molar-refractivity contribution in [2.45, 2.75) is 39.0 Å². The summed E-state index contributed by atoms with van der Waals surface area (Å²) >= 11 is 0. The minimum absolute atomic E-state index is 0.740. The summed E-state index contributed by atoms with van der Waals surface area (Å²) in [7, 11) is 0. The van der Waals surface area contributed by atoms with Crippen LogP contribution in [0.25, 0.3) is 0 Å². The van der Waals surface area contributed by atoms with E-state index in [0.717, 1.165) is 11.8 Å². The first-order valence-electron chi connectivity index (χ1n) is 5.61. The third-order valence-electron chi connectivity index (χ3n) is 2.77. The topological polar surface area (TPSA) is 0 Å². The summed E-state index contributed by atoms with van der Waals surface area (Å²) in [6, 6.07) is 6.86. The molecule has 1 aromatic carbocycles. The highest BCUT2D eigenvalue weighted by Crippen LogP contribution is 2.40. The molecule has 75 valence electrons. The molecule has 0 spiro atoms. The second-order valence-corrected chi connectivity index (χ2v) is 4.96. The van der Waals surface area contributed by atoms with Crippen LogP contribution in [0.3, 0.4) is 0 Å². The molecule has 0 bridgehead atoms. The molecule has 1 fully saturated rings. The van der Waals surface area contributed by atoms with Gasteiger partial charge in [-0.1, -0.05) is 32.0 Å². The summed E-state index contributed by atoms with van der Waals surface area (Å²) in [5.74, 6) is 1.59. The summed E-state index contributed by atoms with van der Waals surface area (Å²) < 4.78 is 0. The van der Waals surface area contributed by atoms with Crippen LogP contribution in [-0.4, -0.2) is 0 Å². The molecule has 14 heavy (non-hydrogen) atoms. The van der Waals surface area contributed by atoms with Gasteiger partial charge in [-0.3, -0.25) is 0 Å². The van der Waals surface area contributed by atoms with Crippen LogP contribution in [0.2, 0.25) is 0 Å². The summed E-state index contributed by atoms with van der Waals surface area (Å²) in [4.78, 5) is 0. The maximum absolute atomic E-state index is 4.06. The molecule has 0 N–H and O–H groups in total. The Hall–Kier alpha value is -0.780. The molecule has 1 aliphatic carbocycles. The van der Waals surface area contributed by atoms with E-state index >= 15 is 0 Å². The van der Waals surface area contributed by atoms with Crippen LogP contribution in [0.15, 0.2) is 18.2 Å². The first-order valence-corrected chi connectivity index (χ1v) is 5.61. The molecule has 0 atom stereocenters. The van der Waals surface area contributed by atoms with Gasteiger partial charge in [-0.15, -0.1) is 0 Å². The Bertz CT molecular complexity index is 319. The van der Waals surface area contributed by atoms with E-state index < -0.39 is 0 Å². The predicted molar refractivity (Wildman–Crippen MR) is 61.4 cm³/mol. The lowest BCUT2D eigenvalue weighted by Crippen LogP contribution is -1.96. The van der Waals surface area contributed by atoms with E-state index in [1.165, 1.54) is 36.0 Å². The van der Waals surface area contributed by atoms with Crippen molar-refractivity contribution in [1.29, 1.82) is 0 Å². The maximum atomic E-state index is 4.06. The molecule has 1 aromatic rings. The number of hydrogen-bond donors (Lipinski definition) is 0. The van der Waals surface area contributed by atoms with Gasteiger partial charge in [0.15, 0.2) is 0 Å². The molecule has 0 saturated heterocycles. The van der Waals surface area contributed by atoms with Gasteiger partial charge < -0.3 is 0 Å². The molecule has 1 aliphatic rings. The molecule has 0 aliphatic heterocycles. The van der Waals surface area contributed by atoms with Crippen molar-refractivity contribution in [2.75, 3.05) is 0 Å². The second kappa shape index (κ2) is 3.76. The second-order valence-electron chi connectivity index (χ2n) is 4.96. The molecule has 0 amide bonds. The van der Waals surface area contributed by atoms with Gasteiger partial charge in [0.2, 0.25) is 0 Å². The summed E-state index contributed by atoms with van der Waals surface area (Å²) in [5, 5.41) is 0. The fourth-order valence-electron chi connectivity index (χ4n) is 2.03. The summed E-state index contributed by atoms with van der Waals surface area (Å²) in [6.07, 6.45) is 3.94. The molecular weight excluding hydrogens is 168 g/mol. The lowest BCUT2D eigenvalue weighted by atomic mass is 9.97. The minimum Gasteiger partial charge on any atom is -0.0625 e. The monoisotopic (exact) mass is 187 g/mol. The van der Waals surface area contributed by atoms with E-state index in [2.05, 4.69) is 39.0 Å². The fraction of sp³-hybridized carbons (Fsp3) is 0.500. The van der Waals surface area contributed by atoms with Crippen molar-refractivity contribution in [1.82, 2.24) is 0 Å². The van der Waals surface area contributed by atoms with E-state index in [1.54, 1.807) is 0 Å². The van der Waals surface area contributed by atoms with Gasteiger partial charge in [0.1, 0.15) is 0 Å². The predicted octanol–water partition coefficient (Wildman–Crippen LogP) is 3.94. The molecule has 1 radical (unpaired) electrons. The van der Waals surface area contributed by atoms with Crippen LogP contribution in [-0.2, 0) is 6.42 Å². The average molecular weight is 187 g/mol. The molecule has 0 nitrogen and oxygen atoms in total. The zero-order valence-electron chi connectivity index (χ0n) is 9.22. The molecule has 0 aromatic heterocycles. The Morgan fingerprint density at radius 2 is 2.00 bits per heavy atom. The summed E-state index contributed by atoms with van der Waals surface area (Å²) in [5.41, 5.74) is 4.17. The Kier molecular flexibility index (Phi) is 2.62. The highest BCUT2D eigenvalue weighted by molar-refractivity contribution is 5.35. The van der Waals surface area contributed by atoms with E-state index in [1.807, 2.05) is 0 Å². The molecule has 1 saturated carbocycles. The molecule has 2 rings (SSSR count). The Labute approximate surface area is 87.3 Å². The lowest BCUT2D eigenvalue weighted by Gasteiger charge is -2.08. The number of hydrogen-bond acceptors (Lipinski definition) is 0. The number of benzene rings is 1. The molecule has 0 unspecified atom stereocenters. The van der Waals surface area contributed by atoms with E-state index in [9.17, 15) is 0 Å². The minimum atomic E-state index is 0.740. The van der Waals surface area contributed by atoms with Gasteiger partial charge in [0.05, 0.1) is 0 Å². The van der Waals surface area contributed by atoms with Crippen LogP contribution in [0, 0.1) is 12.8 Å². The Morgan fingerprint density at radius 3 is 2.57 bits per heavy atom. The molecular formula is C14H19. The summed E-state index contributed by atoms with van der Waals surface area (Å²) in [6.45, 7) is 8.60. The van der Waals surface area contributed by atoms with Crippen LogP contribution in [0.1, 0.15) is 49.3 Å². The zero-order valence-corrected chi connectivity index (χ0v) is 9.22. The van der Waals surface area contributed by atoms with E-state index in [0.29, 0.717) is 0 Å². The third-order valence-corrected chi connectivity index (χ3v) is 2.77. The molecule has 0 heterocycles. The SMILES string of the molecule is [CH2]c1cc(CC(C)C)cc(C2CC2)c1. The van der Waals surface area contributed by atoms with Crippen LogP contribution >= 0.6 is 0 Å². The van der Waals surface area contributed by atoms with Crippen LogP contribution in [0.5, 0.6) is 0 Å². The Morgan fingerprint density at radius 1 is 1.29 bits per heavy atom. The fourth-order valence-corrected chi connectivity index (χ4v) is 2.03. The van der Waals surface area contributed by atoms with Gasteiger partial charge in [-0.05, 0) is 54.7 Å². The highest BCUT2D eigenvalue weighted by atomic mass is 14.3. The van der Waals surface area contributed by atoms with Crippen molar-refractivity contribution in [2.24, 2.45) is 5.92 Å². The van der Waals surface area contributed by atoms with Crippen molar-refractivity contribution >= 4 is 0 Å². The lowest BCUT2D eigenvalue weighted by molar-refractivity contribution is 0.646. The largest absolute Gasteiger partial charge is 0.0625 e. The van der Waals surface area contributed by atoms with Crippen molar-refractivity contribution < 1.29 is 0 Å². The zero-order chi connectivity index (χ0) is 10.1. The smallest absolute Gasteiger partial charge is 0.0161 e. The van der Waals surface area contributed by atoms with Crippen LogP contribution < -0.4 is 0 Å². The van der Waals surface area contributed by atoms with Crippen LogP contribution in [0.4, 0.5) is 0 Å². The number of rotatable bonds is 3. The Balaban J connectivity index is 2.22.